The number of nitrogens with one attached hydrogen (secondary N) is 1. The molecular weight excluding hydrogens is 240 g/mol. The van der Waals surface area contributed by atoms with E-state index >= 15 is 0 Å². The fourth-order valence-electron chi connectivity index (χ4n) is 1.47. The number of benzene rings is 1. The zero-order valence-corrected chi connectivity index (χ0v) is 9.57. The molecule has 1 aromatic carbocycles. The summed E-state index contributed by atoms with van der Waals surface area (Å²) in [5.41, 5.74) is 0.892. The normalized spacial score (nSPS) is 11.4. The molecule has 1 aromatic heterocycles. The summed E-state index contributed by atoms with van der Waals surface area (Å²) in [4.78, 5) is 14.1. The van der Waals surface area contributed by atoms with Gasteiger partial charge < -0.3 is 4.98 Å². The first-order valence-corrected chi connectivity index (χ1v) is 6.34. The lowest BCUT2D eigenvalue weighted by Crippen LogP contribution is -2.12. The maximum absolute atomic E-state index is 11.5. The molecule has 88 valence electrons. The number of pyridine rings is 1. The van der Waals surface area contributed by atoms with E-state index in [0.29, 0.717) is 11.1 Å². The Bertz CT molecular complexity index is 687. The van der Waals surface area contributed by atoms with Gasteiger partial charge in [0, 0.05) is 11.8 Å². The predicted molar refractivity (Wildman–Crippen MR) is 63.9 cm³/mol. The van der Waals surface area contributed by atoms with Crippen LogP contribution in [-0.4, -0.2) is 13.4 Å². The average Bonchev–Trinajstić information content (AvgIpc) is 2.29. The second-order valence-corrected chi connectivity index (χ2v) is 5.04. The number of sulfonamides is 1. The van der Waals surface area contributed by atoms with Crippen LogP contribution in [0.5, 0.6) is 0 Å². The maximum Gasteiger partial charge on any atom is 0.255 e. The zero-order chi connectivity index (χ0) is 12.5. The Kier molecular flexibility index (Phi) is 2.83. The summed E-state index contributed by atoms with van der Waals surface area (Å²) in [5.74, 6) is 0. The smallest absolute Gasteiger partial charge is 0.255 e. The van der Waals surface area contributed by atoms with Crippen LogP contribution in [0.25, 0.3) is 11.1 Å². The number of H-pyrrole nitrogens is 1. The van der Waals surface area contributed by atoms with Gasteiger partial charge in [0.05, 0.1) is 4.90 Å². The van der Waals surface area contributed by atoms with Crippen molar-refractivity contribution in [1.82, 2.24) is 4.98 Å². The highest BCUT2D eigenvalue weighted by Gasteiger charge is 2.08. The van der Waals surface area contributed by atoms with Gasteiger partial charge in [0.2, 0.25) is 10.0 Å². The number of aromatic nitrogens is 1. The zero-order valence-electron chi connectivity index (χ0n) is 8.75. The van der Waals surface area contributed by atoms with Gasteiger partial charge in [-0.2, -0.15) is 0 Å². The highest BCUT2D eigenvalue weighted by Crippen LogP contribution is 2.17. The quantitative estimate of drug-likeness (QED) is 0.821. The molecule has 0 aliphatic carbocycles. The molecule has 6 heteroatoms. The van der Waals surface area contributed by atoms with Crippen molar-refractivity contribution >= 4 is 10.0 Å². The molecule has 17 heavy (non-hydrogen) atoms. The molecule has 1 heterocycles. The van der Waals surface area contributed by atoms with E-state index in [-0.39, 0.29) is 10.5 Å². The van der Waals surface area contributed by atoms with E-state index in [1.54, 1.807) is 24.3 Å². The topological polar surface area (TPSA) is 93.0 Å². The van der Waals surface area contributed by atoms with E-state index in [4.69, 9.17) is 5.14 Å². The van der Waals surface area contributed by atoms with Crippen molar-refractivity contribution in [2.75, 3.05) is 0 Å². The number of rotatable bonds is 2. The summed E-state index contributed by atoms with van der Waals surface area (Å²) in [6.07, 6.45) is 1.53. The Balaban J connectivity index is 2.51. The van der Waals surface area contributed by atoms with Gasteiger partial charge in [0.1, 0.15) is 0 Å². The SMILES string of the molecule is NS(=O)(=O)c1ccc(-c2ccc[nH]c2=O)cc1. The number of hydrogen-bond acceptors (Lipinski definition) is 3. The van der Waals surface area contributed by atoms with Gasteiger partial charge in [-0.1, -0.05) is 12.1 Å². The minimum Gasteiger partial charge on any atom is -0.329 e. The molecule has 3 N–H and O–H groups in total. The summed E-state index contributed by atoms with van der Waals surface area (Å²) in [6, 6.07) is 9.19. The van der Waals surface area contributed by atoms with Gasteiger partial charge in [0.15, 0.2) is 0 Å². The van der Waals surface area contributed by atoms with Crippen molar-refractivity contribution in [3.05, 3.63) is 52.9 Å². The Hall–Kier alpha value is -1.92. The van der Waals surface area contributed by atoms with Crippen LogP contribution in [0.2, 0.25) is 0 Å². The fraction of sp³-hybridized carbons (Fsp3) is 0. The van der Waals surface area contributed by atoms with Crippen LogP contribution in [0.4, 0.5) is 0 Å². The van der Waals surface area contributed by atoms with E-state index in [0.717, 1.165) is 0 Å². The van der Waals surface area contributed by atoms with Crippen LogP contribution >= 0.6 is 0 Å². The van der Waals surface area contributed by atoms with Crippen molar-refractivity contribution in [3.8, 4) is 11.1 Å². The average molecular weight is 250 g/mol. The first-order chi connectivity index (χ1) is 7.98. The van der Waals surface area contributed by atoms with Crippen LogP contribution in [-0.2, 0) is 10.0 Å². The lowest BCUT2D eigenvalue weighted by atomic mass is 10.1. The van der Waals surface area contributed by atoms with E-state index in [1.807, 2.05) is 0 Å². The second kappa shape index (κ2) is 4.15. The van der Waals surface area contributed by atoms with E-state index in [9.17, 15) is 13.2 Å². The summed E-state index contributed by atoms with van der Waals surface area (Å²) in [6.45, 7) is 0. The summed E-state index contributed by atoms with van der Waals surface area (Å²) in [5, 5.41) is 4.98. The Morgan fingerprint density at radius 3 is 2.24 bits per heavy atom. The van der Waals surface area contributed by atoms with Gasteiger partial charge in [-0.05, 0) is 29.8 Å². The largest absolute Gasteiger partial charge is 0.329 e. The second-order valence-electron chi connectivity index (χ2n) is 3.48. The summed E-state index contributed by atoms with van der Waals surface area (Å²) >= 11 is 0. The Morgan fingerprint density at radius 1 is 1.06 bits per heavy atom. The molecule has 0 radical (unpaired) electrons. The van der Waals surface area contributed by atoms with Crippen LogP contribution in [0, 0.1) is 0 Å². The van der Waals surface area contributed by atoms with E-state index in [1.165, 1.54) is 18.3 Å². The highest BCUT2D eigenvalue weighted by atomic mass is 32.2. The molecule has 0 aliphatic rings. The van der Waals surface area contributed by atoms with Crippen molar-refractivity contribution in [2.45, 2.75) is 4.90 Å². The minimum absolute atomic E-state index is 0.0219. The lowest BCUT2D eigenvalue weighted by molar-refractivity contribution is 0.598. The molecule has 0 spiro atoms. The third kappa shape index (κ3) is 2.43. The number of nitrogens with two attached hydrogens (primary N) is 1. The number of primary sulfonamides is 1. The molecule has 0 saturated heterocycles. The van der Waals surface area contributed by atoms with Crippen molar-refractivity contribution in [1.29, 1.82) is 0 Å². The highest BCUT2D eigenvalue weighted by molar-refractivity contribution is 7.89. The number of aromatic amines is 1. The van der Waals surface area contributed by atoms with Gasteiger partial charge in [-0.3, -0.25) is 4.79 Å². The van der Waals surface area contributed by atoms with Crippen molar-refractivity contribution in [3.63, 3.8) is 0 Å². The monoisotopic (exact) mass is 250 g/mol. The van der Waals surface area contributed by atoms with E-state index < -0.39 is 10.0 Å². The first kappa shape index (κ1) is 11.6. The standard InChI is InChI=1S/C11H10N2O3S/c12-17(15,16)9-5-3-8(4-6-9)10-2-1-7-13-11(10)14/h1-7H,(H,13,14)(H2,12,15,16). The lowest BCUT2D eigenvalue weighted by Gasteiger charge is -2.01. The molecule has 0 bridgehead atoms. The van der Waals surface area contributed by atoms with Crippen LogP contribution in [0.3, 0.4) is 0 Å². The van der Waals surface area contributed by atoms with Crippen LogP contribution in [0.15, 0.2) is 52.3 Å². The van der Waals surface area contributed by atoms with Crippen molar-refractivity contribution in [2.24, 2.45) is 5.14 Å². The van der Waals surface area contributed by atoms with Gasteiger partial charge in [-0.15, -0.1) is 0 Å². The van der Waals surface area contributed by atoms with Crippen LogP contribution in [0.1, 0.15) is 0 Å². The summed E-state index contributed by atoms with van der Waals surface area (Å²) in [7, 11) is -3.70. The fourth-order valence-corrected chi connectivity index (χ4v) is 1.99. The maximum atomic E-state index is 11.5. The Morgan fingerprint density at radius 2 is 1.71 bits per heavy atom. The third-order valence-corrected chi connectivity index (χ3v) is 3.24. The van der Waals surface area contributed by atoms with E-state index in [2.05, 4.69) is 4.98 Å². The molecular formula is C11H10N2O3S. The molecule has 2 rings (SSSR count). The van der Waals surface area contributed by atoms with Crippen molar-refractivity contribution < 1.29 is 8.42 Å². The Labute approximate surface area is 98.0 Å². The summed E-state index contributed by atoms with van der Waals surface area (Å²) < 4.78 is 22.1. The van der Waals surface area contributed by atoms with Gasteiger partial charge >= 0.3 is 0 Å². The molecule has 2 aromatic rings. The van der Waals surface area contributed by atoms with Gasteiger partial charge in [-0.25, -0.2) is 13.6 Å². The van der Waals surface area contributed by atoms with Gasteiger partial charge in [0.25, 0.3) is 5.56 Å². The first-order valence-electron chi connectivity index (χ1n) is 4.79. The molecule has 0 amide bonds. The molecule has 0 atom stereocenters. The van der Waals surface area contributed by atoms with Crippen LogP contribution < -0.4 is 10.7 Å². The molecule has 0 unspecified atom stereocenters. The molecule has 5 nitrogen and oxygen atoms in total. The molecule has 0 aliphatic heterocycles. The minimum atomic E-state index is -3.70. The predicted octanol–water partition coefficient (Wildman–Crippen LogP) is 0.689. The molecule has 0 saturated carbocycles. The number of hydrogen-bond donors (Lipinski definition) is 2. The third-order valence-electron chi connectivity index (χ3n) is 2.31. The molecule has 0 fully saturated rings.